The molecule has 1 aromatic carbocycles. The van der Waals surface area contributed by atoms with Crippen LogP contribution in [0, 0.1) is 6.92 Å². The lowest BCUT2D eigenvalue weighted by Crippen LogP contribution is -2.07. The van der Waals surface area contributed by atoms with Gasteiger partial charge in [0.1, 0.15) is 5.82 Å². The standard InChI is InChI=1S/C11H10ClF2N3/c1-7-15-11(10(13)14)17(16-7)6-8-2-4-9(12)5-3-8/h2-5,10H,6H2,1H3. The Labute approximate surface area is 102 Å². The van der Waals surface area contributed by atoms with E-state index in [-0.39, 0.29) is 12.4 Å². The molecule has 0 N–H and O–H groups in total. The van der Waals surface area contributed by atoms with E-state index in [1.165, 1.54) is 4.68 Å². The second-order valence-electron chi connectivity index (χ2n) is 3.60. The fraction of sp³-hybridized carbons (Fsp3) is 0.273. The highest BCUT2D eigenvalue weighted by Gasteiger charge is 2.17. The molecule has 0 aliphatic carbocycles. The zero-order chi connectivity index (χ0) is 12.4. The van der Waals surface area contributed by atoms with Crippen molar-refractivity contribution in [3.8, 4) is 0 Å². The van der Waals surface area contributed by atoms with Gasteiger partial charge in [-0.3, -0.25) is 0 Å². The predicted molar refractivity (Wildman–Crippen MR) is 60.3 cm³/mol. The zero-order valence-electron chi connectivity index (χ0n) is 9.07. The first-order valence-electron chi connectivity index (χ1n) is 5.00. The molecule has 0 saturated heterocycles. The quantitative estimate of drug-likeness (QED) is 0.845. The van der Waals surface area contributed by atoms with E-state index in [0.29, 0.717) is 10.8 Å². The zero-order valence-corrected chi connectivity index (χ0v) is 9.83. The molecule has 17 heavy (non-hydrogen) atoms. The van der Waals surface area contributed by atoms with Crippen LogP contribution in [0.3, 0.4) is 0 Å². The van der Waals surface area contributed by atoms with Gasteiger partial charge in [-0.1, -0.05) is 23.7 Å². The van der Waals surface area contributed by atoms with Gasteiger partial charge < -0.3 is 0 Å². The smallest absolute Gasteiger partial charge is 0.240 e. The van der Waals surface area contributed by atoms with Gasteiger partial charge in [0.05, 0.1) is 6.54 Å². The van der Waals surface area contributed by atoms with Crippen molar-refractivity contribution in [2.75, 3.05) is 0 Å². The molecular formula is C11H10ClF2N3. The first-order valence-corrected chi connectivity index (χ1v) is 5.38. The lowest BCUT2D eigenvalue weighted by Gasteiger charge is -2.05. The molecule has 0 saturated carbocycles. The minimum absolute atomic E-state index is 0.262. The van der Waals surface area contributed by atoms with Crippen LogP contribution in [0.4, 0.5) is 8.78 Å². The van der Waals surface area contributed by atoms with Gasteiger partial charge in [-0.05, 0) is 24.6 Å². The van der Waals surface area contributed by atoms with Crippen LogP contribution in [0.15, 0.2) is 24.3 Å². The van der Waals surface area contributed by atoms with E-state index in [4.69, 9.17) is 11.6 Å². The molecule has 1 heterocycles. The highest BCUT2D eigenvalue weighted by atomic mass is 35.5. The van der Waals surface area contributed by atoms with Gasteiger partial charge in [-0.2, -0.15) is 5.10 Å². The van der Waals surface area contributed by atoms with Gasteiger partial charge in [0.15, 0.2) is 5.82 Å². The summed E-state index contributed by atoms with van der Waals surface area (Å²) in [6, 6.07) is 6.97. The Morgan fingerprint density at radius 1 is 1.29 bits per heavy atom. The van der Waals surface area contributed by atoms with Crippen molar-refractivity contribution < 1.29 is 8.78 Å². The fourth-order valence-electron chi connectivity index (χ4n) is 1.51. The highest BCUT2D eigenvalue weighted by molar-refractivity contribution is 6.30. The molecule has 0 unspecified atom stereocenters. The largest absolute Gasteiger partial charge is 0.297 e. The summed E-state index contributed by atoms with van der Waals surface area (Å²) < 4.78 is 26.5. The van der Waals surface area contributed by atoms with Gasteiger partial charge in [0.25, 0.3) is 6.43 Å². The van der Waals surface area contributed by atoms with Gasteiger partial charge in [-0.25, -0.2) is 18.4 Å². The maximum absolute atomic E-state index is 12.7. The molecule has 6 heteroatoms. The summed E-state index contributed by atoms with van der Waals surface area (Å²) in [4.78, 5) is 3.70. The lowest BCUT2D eigenvalue weighted by atomic mass is 10.2. The lowest BCUT2D eigenvalue weighted by molar-refractivity contribution is 0.134. The van der Waals surface area contributed by atoms with Crippen molar-refractivity contribution in [2.24, 2.45) is 0 Å². The first-order chi connectivity index (χ1) is 8.06. The Morgan fingerprint density at radius 2 is 1.94 bits per heavy atom. The van der Waals surface area contributed by atoms with E-state index < -0.39 is 6.43 Å². The van der Waals surface area contributed by atoms with E-state index in [9.17, 15) is 8.78 Å². The topological polar surface area (TPSA) is 30.7 Å². The van der Waals surface area contributed by atoms with Crippen molar-refractivity contribution in [2.45, 2.75) is 19.9 Å². The summed E-state index contributed by atoms with van der Waals surface area (Å²) in [5.41, 5.74) is 0.848. The molecule has 2 rings (SSSR count). The molecule has 0 bridgehead atoms. The van der Waals surface area contributed by atoms with Crippen molar-refractivity contribution in [3.05, 3.63) is 46.5 Å². The third-order valence-electron chi connectivity index (χ3n) is 2.25. The van der Waals surface area contributed by atoms with Crippen LogP contribution >= 0.6 is 11.6 Å². The number of alkyl halides is 2. The number of halogens is 3. The Bertz CT molecular complexity index is 508. The van der Waals surface area contributed by atoms with Crippen LogP contribution in [-0.4, -0.2) is 14.8 Å². The second kappa shape index (κ2) is 4.79. The summed E-state index contributed by atoms with van der Waals surface area (Å²) in [5.74, 6) is 0.0340. The summed E-state index contributed by atoms with van der Waals surface area (Å²) in [6.07, 6.45) is -2.62. The van der Waals surface area contributed by atoms with E-state index >= 15 is 0 Å². The van der Waals surface area contributed by atoms with Crippen molar-refractivity contribution in [3.63, 3.8) is 0 Å². The van der Waals surface area contributed by atoms with Gasteiger partial charge in [0, 0.05) is 5.02 Å². The summed E-state index contributed by atoms with van der Waals surface area (Å²) in [7, 11) is 0. The molecule has 1 aromatic heterocycles. The predicted octanol–water partition coefficient (Wildman–Crippen LogP) is 3.23. The van der Waals surface area contributed by atoms with Crippen LogP contribution in [-0.2, 0) is 6.54 Å². The Balaban J connectivity index is 2.26. The van der Waals surface area contributed by atoms with Crippen LogP contribution in [0.1, 0.15) is 23.6 Å². The number of benzene rings is 1. The van der Waals surface area contributed by atoms with Gasteiger partial charge >= 0.3 is 0 Å². The van der Waals surface area contributed by atoms with Gasteiger partial charge in [-0.15, -0.1) is 0 Å². The Kier molecular flexibility index (Phi) is 3.38. The molecule has 0 fully saturated rings. The first kappa shape index (κ1) is 12.0. The molecule has 0 aliphatic heterocycles. The number of hydrogen-bond acceptors (Lipinski definition) is 2. The minimum atomic E-state index is -2.62. The van der Waals surface area contributed by atoms with E-state index in [2.05, 4.69) is 10.1 Å². The number of aryl methyl sites for hydroxylation is 1. The number of rotatable bonds is 3. The number of nitrogens with zero attached hydrogens (tertiary/aromatic N) is 3. The van der Waals surface area contributed by atoms with E-state index in [0.717, 1.165) is 5.56 Å². The van der Waals surface area contributed by atoms with Crippen LogP contribution in [0.25, 0.3) is 0 Å². The summed E-state index contributed by atoms with van der Waals surface area (Å²) in [6.45, 7) is 1.85. The van der Waals surface area contributed by atoms with Crippen molar-refractivity contribution in [1.29, 1.82) is 0 Å². The highest BCUT2D eigenvalue weighted by Crippen LogP contribution is 2.18. The number of aromatic nitrogens is 3. The summed E-state index contributed by atoms with van der Waals surface area (Å²) in [5, 5.41) is 4.55. The Hall–Kier alpha value is -1.49. The fourth-order valence-corrected chi connectivity index (χ4v) is 1.64. The normalized spacial score (nSPS) is 11.1. The second-order valence-corrected chi connectivity index (χ2v) is 4.04. The van der Waals surface area contributed by atoms with Gasteiger partial charge in [0.2, 0.25) is 0 Å². The molecule has 0 aliphatic rings. The van der Waals surface area contributed by atoms with E-state index in [1.807, 2.05) is 0 Å². The maximum atomic E-state index is 12.7. The monoisotopic (exact) mass is 257 g/mol. The molecule has 2 aromatic rings. The van der Waals surface area contributed by atoms with Crippen LogP contribution < -0.4 is 0 Å². The Morgan fingerprint density at radius 3 is 2.53 bits per heavy atom. The van der Waals surface area contributed by atoms with Crippen molar-refractivity contribution in [1.82, 2.24) is 14.8 Å². The molecule has 0 amide bonds. The third kappa shape index (κ3) is 2.79. The number of hydrogen-bond donors (Lipinski definition) is 0. The minimum Gasteiger partial charge on any atom is -0.240 e. The molecule has 90 valence electrons. The van der Waals surface area contributed by atoms with E-state index in [1.54, 1.807) is 31.2 Å². The average Bonchev–Trinajstić information content (AvgIpc) is 2.63. The summed E-state index contributed by atoms with van der Waals surface area (Å²) >= 11 is 5.75. The molecule has 0 radical (unpaired) electrons. The van der Waals surface area contributed by atoms with Crippen LogP contribution in [0.5, 0.6) is 0 Å². The average molecular weight is 258 g/mol. The molecule has 0 spiro atoms. The molecular weight excluding hydrogens is 248 g/mol. The maximum Gasteiger partial charge on any atom is 0.297 e. The van der Waals surface area contributed by atoms with Crippen LogP contribution in [0.2, 0.25) is 5.02 Å². The molecule has 3 nitrogen and oxygen atoms in total. The molecule has 0 atom stereocenters. The third-order valence-corrected chi connectivity index (χ3v) is 2.50. The van der Waals surface area contributed by atoms with Crippen molar-refractivity contribution >= 4 is 11.6 Å². The SMILES string of the molecule is Cc1nc(C(F)F)n(Cc2ccc(Cl)cc2)n1.